The van der Waals surface area contributed by atoms with E-state index >= 15 is 0 Å². The molecule has 2 aromatic carbocycles. The molecule has 6 heteroatoms. The maximum absolute atomic E-state index is 5.60. The average molecular weight is 335 g/mol. The van der Waals surface area contributed by atoms with E-state index in [0.29, 0.717) is 18.4 Å². The first-order valence-electron chi connectivity index (χ1n) is 8.33. The topological polar surface area (TPSA) is 72.0 Å². The van der Waals surface area contributed by atoms with Crippen LogP contribution in [0, 0.1) is 0 Å². The number of rotatable bonds is 7. The van der Waals surface area contributed by atoms with Crippen molar-refractivity contribution in [1.82, 2.24) is 15.2 Å². The van der Waals surface area contributed by atoms with Crippen LogP contribution in [0.2, 0.25) is 0 Å². The third kappa shape index (κ3) is 4.44. The molecule has 2 N–H and O–H groups in total. The number of aromatic nitrogens is 3. The summed E-state index contributed by atoms with van der Waals surface area (Å²) in [6.45, 7) is 4.67. The third-order valence-corrected chi connectivity index (χ3v) is 3.63. The zero-order valence-corrected chi connectivity index (χ0v) is 14.4. The van der Waals surface area contributed by atoms with Crippen molar-refractivity contribution in [2.45, 2.75) is 20.3 Å². The van der Waals surface area contributed by atoms with Crippen LogP contribution in [0.1, 0.15) is 19.4 Å². The maximum atomic E-state index is 5.60. The molecule has 3 rings (SSSR count). The number of anilines is 4. The molecule has 0 radical (unpaired) electrons. The number of para-hydroxylation sites is 2. The molecule has 1 aromatic heterocycles. The van der Waals surface area contributed by atoms with Crippen LogP contribution in [0.3, 0.4) is 0 Å². The van der Waals surface area contributed by atoms with Crippen LogP contribution >= 0.6 is 0 Å². The summed E-state index contributed by atoms with van der Waals surface area (Å²) in [5, 5.41) is 14.4. The highest BCUT2D eigenvalue weighted by atomic mass is 16.5. The van der Waals surface area contributed by atoms with Crippen LogP contribution in [0.4, 0.5) is 23.1 Å². The summed E-state index contributed by atoms with van der Waals surface area (Å²) in [5.74, 6) is 1.78. The second-order valence-electron chi connectivity index (χ2n) is 5.39. The number of hydrogen-bond acceptors (Lipinski definition) is 6. The Hall–Kier alpha value is -3.15. The van der Waals surface area contributed by atoms with Crippen LogP contribution in [-0.2, 0) is 6.42 Å². The molecule has 0 saturated heterocycles. The SMILES string of the molecule is CCOc1ccccc1Nc1nncc(Nc2ccc(CC)cc2)n1. The normalized spacial score (nSPS) is 10.3. The molecule has 0 aliphatic heterocycles. The van der Waals surface area contributed by atoms with Crippen molar-refractivity contribution < 1.29 is 4.74 Å². The maximum Gasteiger partial charge on any atom is 0.249 e. The first-order chi connectivity index (χ1) is 12.3. The zero-order valence-electron chi connectivity index (χ0n) is 14.4. The Morgan fingerprint density at radius 2 is 1.76 bits per heavy atom. The summed E-state index contributed by atoms with van der Waals surface area (Å²) < 4.78 is 5.60. The van der Waals surface area contributed by atoms with Gasteiger partial charge in [-0.1, -0.05) is 31.2 Å². The van der Waals surface area contributed by atoms with Gasteiger partial charge in [-0.2, -0.15) is 10.1 Å². The molecule has 25 heavy (non-hydrogen) atoms. The molecule has 3 aromatic rings. The Labute approximate surface area is 147 Å². The predicted molar refractivity (Wildman–Crippen MR) is 99.8 cm³/mol. The van der Waals surface area contributed by atoms with Gasteiger partial charge in [0.2, 0.25) is 5.95 Å². The molecule has 0 spiro atoms. The lowest BCUT2D eigenvalue weighted by molar-refractivity contribution is 0.342. The molecule has 128 valence electrons. The fourth-order valence-corrected chi connectivity index (χ4v) is 2.36. The predicted octanol–water partition coefficient (Wildman–Crippen LogP) is 4.32. The van der Waals surface area contributed by atoms with Gasteiger partial charge in [-0.25, -0.2) is 0 Å². The Morgan fingerprint density at radius 1 is 0.960 bits per heavy atom. The van der Waals surface area contributed by atoms with E-state index in [4.69, 9.17) is 4.74 Å². The Morgan fingerprint density at radius 3 is 2.52 bits per heavy atom. The minimum atomic E-state index is 0.405. The number of ether oxygens (including phenoxy) is 1. The van der Waals surface area contributed by atoms with Crippen molar-refractivity contribution in [1.29, 1.82) is 0 Å². The van der Waals surface area contributed by atoms with Crippen LogP contribution in [0.25, 0.3) is 0 Å². The van der Waals surface area contributed by atoms with Gasteiger partial charge in [-0.15, -0.1) is 5.10 Å². The van der Waals surface area contributed by atoms with E-state index in [-0.39, 0.29) is 0 Å². The molecule has 1 heterocycles. The monoisotopic (exact) mass is 335 g/mol. The number of hydrogen-bond donors (Lipinski definition) is 2. The minimum absolute atomic E-state index is 0.405. The van der Waals surface area contributed by atoms with Gasteiger partial charge in [0, 0.05) is 5.69 Å². The number of nitrogens with one attached hydrogen (secondary N) is 2. The van der Waals surface area contributed by atoms with Crippen molar-refractivity contribution >= 4 is 23.1 Å². The number of benzene rings is 2. The molecule has 0 aliphatic rings. The van der Waals surface area contributed by atoms with Gasteiger partial charge in [0.15, 0.2) is 5.82 Å². The van der Waals surface area contributed by atoms with Crippen LogP contribution < -0.4 is 15.4 Å². The lowest BCUT2D eigenvalue weighted by atomic mass is 10.1. The highest BCUT2D eigenvalue weighted by Gasteiger charge is 2.06. The van der Waals surface area contributed by atoms with Crippen LogP contribution in [-0.4, -0.2) is 21.8 Å². The Bertz CT molecular complexity index is 820. The van der Waals surface area contributed by atoms with E-state index in [0.717, 1.165) is 23.5 Å². The molecular weight excluding hydrogens is 314 g/mol. The largest absolute Gasteiger partial charge is 0.492 e. The highest BCUT2D eigenvalue weighted by molar-refractivity contribution is 5.63. The lowest BCUT2D eigenvalue weighted by Crippen LogP contribution is -2.04. The second-order valence-corrected chi connectivity index (χ2v) is 5.39. The zero-order chi connectivity index (χ0) is 17.5. The quantitative estimate of drug-likeness (QED) is 0.670. The molecule has 0 bridgehead atoms. The van der Waals surface area contributed by atoms with Crippen molar-refractivity contribution in [2.75, 3.05) is 17.2 Å². The van der Waals surface area contributed by atoms with Crippen molar-refractivity contribution in [3.63, 3.8) is 0 Å². The smallest absolute Gasteiger partial charge is 0.249 e. The molecule has 0 amide bonds. The van der Waals surface area contributed by atoms with Crippen molar-refractivity contribution in [2.24, 2.45) is 0 Å². The molecule has 6 nitrogen and oxygen atoms in total. The van der Waals surface area contributed by atoms with Gasteiger partial charge in [-0.05, 0) is 43.2 Å². The minimum Gasteiger partial charge on any atom is -0.492 e. The van der Waals surface area contributed by atoms with Gasteiger partial charge >= 0.3 is 0 Å². The highest BCUT2D eigenvalue weighted by Crippen LogP contribution is 2.26. The van der Waals surface area contributed by atoms with E-state index in [1.807, 2.05) is 43.3 Å². The summed E-state index contributed by atoms with van der Waals surface area (Å²) in [5.41, 5.74) is 3.05. The fraction of sp³-hybridized carbons (Fsp3) is 0.211. The summed E-state index contributed by atoms with van der Waals surface area (Å²) in [6.07, 6.45) is 2.61. The number of nitrogens with zero attached hydrogens (tertiary/aromatic N) is 3. The lowest BCUT2D eigenvalue weighted by Gasteiger charge is -2.11. The standard InChI is InChI=1S/C19H21N5O/c1-3-14-9-11-15(12-10-14)21-18-13-20-24-19(23-18)22-16-7-5-6-8-17(16)25-4-2/h5-13H,3-4H2,1-2H3,(H2,21,22,23,24). The Kier molecular flexibility index (Phi) is 5.41. The molecule has 0 atom stereocenters. The second kappa shape index (κ2) is 8.10. The van der Waals surface area contributed by atoms with Crippen molar-refractivity contribution in [3.05, 3.63) is 60.3 Å². The van der Waals surface area contributed by atoms with E-state index in [1.54, 1.807) is 6.20 Å². The van der Waals surface area contributed by atoms with Crippen LogP contribution in [0.5, 0.6) is 5.75 Å². The summed E-state index contributed by atoms with van der Waals surface area (Å²) in [4.78, 5) is 4.46. The van der Waals surface area contributed by atoms with Crippen molar-refractivity contribution in [3.8, 4) is 5.75 Å². The summed E-state index contributed by atoms with van der Waals surface area (Å²) in [7, 11) is 0. The molecule has 0 unspecified atom stereocenters. The van der Waals surface area contributed by atoms with Gasteiger partial charge in [0.25, 0.3) is 0 Å². The van der Waals surface area contributed by atoms with E-state index in [9.17, 15) is 0 Å². The summed E-state index contributed by atoms with van der Waals surface area (Å²) in [6, 6.07) is 15.9. The Balaban J connectivity index is 1.75. The first kappa shape index (κ1) is 16.7. The van der Waals surface area contributed by atoms with Gasteiger partial charge < -0.3 is 15.4 Å². The van der Waals surface area contributed by atoms with Gasteiger partial charge in [0.05, 0.1) is 18.5 Å². The van der Waals surface area contributed by atoms with E-state index in [2.05, 4.69) is 44.9 Å². The molecule has 0 aliphatic carbocycles. The summed E-state index contributed by atoms with van der Waals surface area (Å²) >= 11 is 0. The van der Waals surface area contributed by atoms with E-state index < -0.39 is 0 Å². The molecule has 0 fully saturated rings. The van der Waals surface area contributed by atoms with Crippen LogP contribution in [0.15, 0.2) is 54.7 Å². The third-order valence-electron chi connectivity index (χ3n) is 3.63. The molecular formula is C19H21N5O. The van der Waals surface area contributed by atoms with E-state index in [1.165, 1.54) is 5.56 Å². The van der Waals surface area contributed by atoms with Gasteiger partial charge in [-0.3, -0.25) is 0 Å². The van der Waals surface area contributed by atoms with Gasteiger partial charge in [0.1, 0.15) is 5.75 Å². The fourth-order valence-electron chi connectivity index (χ4n) is 2.36. The first-order valence-corrected chi connectivity index (χ1v) is 8.33. The average Bonchev–Trinajstić information content (AvgIpc) is 2.65. The molecule has 0 saturated carbocycles. The number of aryl methyl sites for hydroxylation is 1.